The van der Waals surface area contributed by atoms with E-state index in [0.29, 0.717) is 6.04 Å². The van der Waals surface area contributed by atoms with Crippen molar-refractivity contribution in [2.45, 2.75) is 33.2 Å². The monoisotopic (exact) mass is 158 g/mol. The molecule has 0 amide bonds. The topological polar surface area (TPSA) is 24.1 Å². The fraction of sp³-hybridized carbons (Fsp3) is 1.00. The van der Waals surface area contributed by atoms with Crippen LogP contribution in [0.1, 0.15) is 27.2 Å². The molecule has 0 aliphatic heterocycles. The van der Waals surface area contributed by atoms with Crippen LogP contribution in [-0.4, -0.2) is 26.2 Å². The molecule has 0 aliphatic rings. The van der Waals surface area contributed by atoms with E-state index in [2.05, 4.69) is 31.4 Å². The van der Waals surface area contributed by atoms with Crippen molar-refractivity contribution in [3.63, 3.8) is 0 Å². The molecule has 68 valence electrons. The third-order valence-corrected chi connectivity index (χ3v) is 2.13. The van der Waals surface area contributed by atoms with Crippen LogP contribution in [0, 0.1) is 5.92 Å². The van der Waals surface area contributed by atoms with Crippen molar-refractivity contribution in [3.8, 4) is 0 Å². The Labute approximate surface area is 70.8 Å². The van der Waals surface area contributed by atoms with Gasteiger partial charge in [-0.05, 0) is 26.4 Å². The standard InChI is InChI=1S/C9H22N2/c1-5-8(2)6-11-7-9(3)10-4/h8-11H,5-7H2,1-4H3. The van der Waals surface area contributed by atoms with Crippen LogP contribution in [0.5, 0.6) is 0 Å². The van der Waals surface area contributed by atoms with E-state index in [1.54, 1.807) is 0 Å². The van der Waals surface area contributed by atoms with Gasteiger partial charge < -0.3 is 10.6 Å². The first-order valence-electron chi connectivity index (χ1n) is 4.58. The third kappa shape index (κ3) is 6.32. The molecule has 0 aromatic carbocycles. The maximum absolute atomic E-state index is 3.42. The zero-order chi connectivity index (χ0) is 8.69. The highest BCUT2D eigenvalue weighted by atomic mass is 15.0. The summed E-state index contributed by atoms with van der Waals surface area (Å²) in [5.41, 5.74) is 0. The first-order chi connectivity index (χ1) is 5.20. The average molecular weight is 158 g/mol. The van der Waals surface area contributed by atoms with Gasteiger partial charge in [0, 0.05) is 12.6 Å². The van der Waals surface area contributed by atoms with Crippen molar-refractivity contribution < 1.29 is 0 Å². The molecule has 0 saturated heterocycles. The number of likely N-dealkylation sites (N-methyl/N-ethyl adjacent to an activating group) is 1. The summed E-state index contributed by atoms with van der Waals surface area (Å²) >= 11 is 0. The summed E-state index contributed by atoms with van der Waals surface area (Å²) < 4.78 is 0. The predicted octanol–water partition coefficient (Wildman–Crippen LogP) is 1.23. The van der Waals surface area contributed by atoms with E-state index in [1.807, 2.05) is 7.05 Å². The Hall–Kier alpha value is -0.0800. The molecule has 0 saturated carbocycles. The summed E-state index contributed by atoms with van der Waals surface area (Å²) in [4.78, 5) is 0. The Morgan fingerprint density at radius 2 is 1.82 bits per heavy atom. The summed E-state index contributed by atoms with van der Waals surface area (Å²) in [5, 5.41) is 6.62. The smallest absolute Gasteiger partial charge is 0.0161 e. The van der Waals surface area contributed by atoms with Crippen LogP contribution in [0.15, 0.2) is 0 Å². The summed E-state index contributed by atoms with van der Waals surface area (Å²) in [6, 6.07) is 0.582. The van der Waals surface area contributed by atoms with Gasteiger partial charge in [0.2, 0.25) is 0 Å². The largest absolute Gasteiger partial charge is 0.316 e. The Kier molecular flexibility index (Phi) is 6.57. The minimum Gasteiger partial charge on any atom is -0.316 e. The van der Waals surface area contributed by atoms with Gasteiger partial charge in [0.1, 0.15) is 0 Å². The van der Waals surface area contributed by atoms with Crippen molar-refractivity contribution in [2.24, 2.45) is 5.92 Å². The lowest BCUT2D eigenvalue weighted by molar-refractivity contribution is 0.467. The molecule has 2 N–H and O–H groups in total. The average Bonchev–Trinajstić information content (AvgIpc) is 2.04. The van der Waals surface area contributed by atoms with Gasteiger partial charge in [0.05, 0.1) is 0 Å². The minimum atomic E-state index is 0.582. The van der Waals surface area contributed by atoms with Crippen LogP contribution in [0.4, 0.5) is 0 Å². The molecule has 2 unspecified atom stereocenters. The second-order valence-corrected chi connectivity index (χ2v) is 3.36. The fourth-order valence-electron chi connectivity index (χ4n) is 0.793. The molecule has 0 heterocycles. The first-order valence-corrected chi connectivity index (χ1v) is 4.58. The van der Waals surface area contributed by atoms with E-state index in [9.17, 15) is 0 Å². The van der Waals surface area contributed by atoms with Gasteiger partial charge in [-0.15, -0.1) is 0 Å². The molecule has 11 heavy (non-hydrogen) atoms. The van der Waals surface area contributed by atoms with Gasteiger partial charge >= 0.3 is 0 Å². The molecule has 0 aromatic heterocycles. The molecule has 2 nitrogen and oxygen atoms in total. The van der Waals surface area contributed by atoms with E-state index < -0.39 is 0 Å². The molecular formula is C9H22N2. The third-order valence-electron chi connectivity index (χ3n) is 2.13. The van der Waals surface area contributed by atoms with E-state index in [0.717, 1.165) is 19.0 Å². The Morgan fingerprint density at radius 3 is 2.27 bits per heavy atom. The van der Waals surface area contributed by atoms with Crippen molar-refractivity contribution >= 4 is 0 Å². The number of hydrogen-bond acceptors (Lipinski definition) is 2. The van der Waals surface area contributed by atoms with Gasteiger partial charge in [-0.2, -0.15) is 0 Å². The fourth-order valence-corrected chi connectivity index (χ4v) is 0.793. The molecule has 0 fully saturated rings. The minimum absolute atomic E-state index is 0.582. The Bertz CT molecular complexity index is 73.6. The van der Waals surface area contributed by atoms with Crippen LogP contribution in [0.25, 0.3) is 0 Å². The van der Waals surface area contributed by atoms with Gasteiger partial charge in [-0.1, -0.05) is 20.3 Å². The highest BCUT2D eigenvalue weighted by Gasteiger charge is 1.99. The quantitative estimate of drug-likeness (QED) is 0.607. The highest BCUT2D eigenvalue weighted by Crippen LogP contribution is 1.96. The predicted molar refractivity (Wildman–Crippen MR) is 50.8 cm³/mol. The molecule has 0 aromatic rings. The Morgan fingerprint density at radius 1 is 1.18 bits per heavy atom. The Balaban J connectivity index is 3.13. The second-order valence-electron chi connectivity index (χ2n) is 3.36. The number of hydrogen-bond donors (Lipinski definition) is 2. The summed E-state index contributed by atoms with van der Waals surface area (Å²) in [7, 11) is 2.00. The van der Waals surface area contributed by atoms with E-state index >= 15 is 0 Å². The second kappa shape index (κ2) is 6.62. The maximum Gasteiger partial charge on any atom is 0.0161 e. The van der Waals surface area contributed by atoms with Gasteiger partial charge in [0.25, 0.3) is 0 Å². The van der Waals surface area contributed by atoms with E-state index in [-0.39, 0.29) is 0 Å². The van der Waals surface area contributed by atoms with E-state index in [4.69, 9.17) is 0 Å². The lowest BCUT2D eigenvalue weighted by Gasteiger charge is -2.13. The van der Waals surface area contributed by atoms with Crippen molar-refractivity contribution in [1.29, 1.82) is 0 Å². The number of rotatable bonds is 6. The van der Waals surface area contributed by atoms with Crippen LogP contribution < -0.4 is 10.6 Å². The lowest BCUT2D eigenvalue weighted by atomic mass is 10.1. The molecule has 2 heteroatoms. The maximum atomic E-state index is 3.42. The van der Waals surface area contributed by atoms with Crippen LogP contribution in [0.3, 0.4) is 0 Å². The van der Waals surface area contributed by atoms with Crippen LogP contribution >= 0.6 is 0 Å². The lowest BCUT2D eigenvalue weighted by Crippen LogP contribution is -2.35. The normalized spacial score (nSPS) is 16.4. The molecule has 0 bridgehead atoms. The summed E-state index contributed by atoms with van der Waals surface area (Å²) in [5.74, 6) is 0.805. The highest BCUT2D eigenvalue weighted by molar-refractivity contribution is 4.62. The van der Waals surface area contributed by atoms with Crippen LogP contribution in [0.2, 0.25) is 0 Å². The van der Waals surface area contributed by atoms with Crippen molar-refractivity contribution in [3.05, 3.63) is 0 Å². The van der Waals surface area contributed by atoms with Gasteiger partial charge in [-0.25, -0.2) is 0 Å². The summed E-state index contributed by atoms with van der Waals surface area (Å²) in [6.45, 7) is 8.90. The molecule has 0 aliphatic carbocycles. The molecule has 0 radical (unpaired) electrons. The van der Waals surface area contributed by atoms with Crippen molar-refractivity contribution in [2.75, 3.05) is 20.1 Å². The molecule has 2 atom stereocenters. The number of nitrogens with one attached hydrogen (secondary N) is 2. The van der Waals surface area contributed by atoms with Crippen molar-refractivity contribution in [1.82, 2.24) is 10.6 Å². The molecular weight excluding hydrogens is 136 g/mol. The molecule has 0 rings (SSSR count). The zero-order valence-electron chi connectivity index (χ0n) is 8.28. The zero-order valence-corrected chi connectivity index (χ0v) is 8.28. The molecule has 0 spiro atoms. The SMILES string of the molecule is CCC(C)CNCC(C)NC. The van der Waals surface area contributed by atoms with Crippen LogP contribution in [-0.2, 0) is 0 Å². The van der Waals surface area contributed by atoms with Gasteiger partial charge in [-0.3, -0.25) is 0 Å². The van der Waals surface area contributed by atoms with Gasteiger partial charge in [0.15, 0.2) is 0 Å². The first kappa shape index (κ1) is 10.9. The summed E-state index contributed by atoms with van der Waals surface area (Å²) in [6.07, 6.45) is 1.26. The van der Waals surface area contributed by atoms with E-state index in [1.165, 1.54) is 6.42 Å².